The fraction of sp³-hybridized carbons (Fsp3) is 0.176. The Bertz CT molecular complexity index is 746. The molecule has 0 aliphatic carbocycles. The molecule has 0 saturated heterocycles. The number of imidazole rings is 1. The molecule has 0 fully saturated rings. The molecular formula is C17H18N4O. The maximum absolute atomic E-state index is 5.69. The first-order chi connectivity index (χ1) is 10.9. The van der Waals surface area contributed by atoms with Crippen molar-refractivity contribution < 1.29 is 4.74 Å². The Morgan fingerprint density at radius 3 is 2.86 bits per heavy atom. The first-order valence-corrected chi connectivity index (χ1v) is 7.32. The zero-order valence-corrected chi connectivity index (χ0v) is 12.4. The van der Waals surface area contributed by atoms with Gasteiger partial charge in [-0.15, -0.1) is 0 Å². The van der Waals surface area contributed by atoms with Gasteiger partial charge in [0.1, 0.15) is 5.75 Å². The SMILES string of the molecule is CCCOc1ccccc1/C=N\Nc1nc2ccccc2[nH]1. The van der Waals surface area contributed by atoms with Crippen LogP contribution in [0.3, 0.4) is 0 Å². The predicted molar refractivity (Wildman–Crippen MR) is 89.5 cm³/mol. The minimum Gasteiger partial charge on any atom is -0.493 e. The topological polar surface area (TPSA) is 62.3 Å². The van der Waals surface area contributed by atoms with Crippen LogP contribution in [0.4, 0.5) is 5.95 Å². The van der Waals surface area contributed by atoms with Crippen LogP contribution in [-0.2, 0) is 0 Å². The zero-order valence-electron chi connectivity index (χ0n) is 12.4. The Balaban J connectivity index is 1.71. The second kappa shape index (κ2) is 6.76. The minimum atomic E-state index is 0.615. The molecule has 112 valence electrons. The molecule has 0 spiro atoms. The van der Waals surface area contributed by atoms with E-state index in [1.54, 1.807) is 6.21 Å². The molecule has 0 bridgehead atoms. The van der Waals surface area contributed by atoms with Gasteiger partial charge in [-0.3, -0.25) is 0 Å². The number of aromatic amines is 1. The maximum Gasteiger partial charge on any atom is 0.222 e. The van der Waals surface area contributed by atoms with E-state index in [2.05, 4.69) is 27.4 Å². The second-order valence-electron chi connectivity index (χ2n) is 4.86. The van der Waals surface area contributed by atoms with Crippen molar-refractivity contribution in [2.75, 3.05) is 12.0 Å². The quantitative estimate of drug-likeness (QED) is 0.537. The summed E-state index contributed by atoms with van der Waals surface area (Å²) in [5.41, 5.74) is 5.73. The summed E-state index contributed by atoms with van der Waals surface area (Å²) in [4.78, 5) is 7.57. The molecule has 0 radical (unpaired) electrons. The first kappa shape index (κ1) is 14.1. The lowest BCUT2D eigenvalue weighted by molar-refractivity contribution is 0.317. The van der Waals surface area contributed by atoms with Gasteiger partial charge in [0.05, 0.1) is 23.9 Å². The summed E-state index contributed by atoms with van der Waals surface area (Å²) in [5.74, 6) is 1.45. The minimum absolute atomic E-state index is 0.615. The number of hydrogen-bond acceptors (Lipinski definition) is 4. The summed E-state index contributed by atoms with van der Waals surface area (Å²) >= 11 is 0. The average molecular weight is 294 g/mol. The Hall–Kier alpha value is -2.82. The van der Waals surface area contributed by atoms with Gasteiger partial charge in [-0.25, -0.2) is 10.4 Å². The highest BCUT2D eigenvalue weighted by atomic mass is 16.5. The summed E-state index contributed by atoms with van der Waals surface area (Å²) in [7, 11) is 0. The van der Waals surface area contributed by atoms with Gasteiger partial charge in [0.15, 0.2) is 0 Å². The van der Waals surface area contributed by atoms with Crippen molar-refractivity contribution in [2.24, 2.45) is 5.10 Å². The highest BCUT2D eigenvalue weighted by Crippen LogP contribution is 2.16. The van der Waals surface area contributed by atoms with Gasteiger partial charge < -0.3 is 9.72 Å². The fourth-order valence-electron chi connectivity index (χ4n) is 2.10. The van der Waals surface area contributed by atoms with Gasteiger partial charge in [0, 0.05) is 5.56 Å². The molecular weight excluding hydrogens is 276 g/mol. The highest BCUT2D eigenvalue weighted by molar-refractivity contribution is 5.84. The van der Waals surface area contributed by atoms with Crippen molar-refractivity contribution in [2.45, 2.75) is 13.3 Å². The lowest BCUT2D eigenvalue weighted by Crippen LogP contribution is -1.99. The molecule has 0 aliphatic rings. The summed E-state index contributed by atoms with van der Waals surface area (Å²) in [6.07, 6.45) is 2.71. The number of para-hydroxylation sites is 3. The van der Waals surface area contributed by atoms with E-state index < -0.39 is 0 Å². The lowest BCUT2D eigenvalue weighted by atomic mass is 10.2. The zero-order chi connectivity index (χ0) is 15.2. The van der Waals surface area contributed by atoms with Crippen LogP contribution in [0, 0.1) is 0 Å². The Morgan fingerprint density at radius 2 is 2.00 bits per heavy atom. The van der Waals surface area contributed by atoms with Crippen molar-refractivity contribution in [1.82, 2.24) is 9.97 Å². The summed E-state index contributed by atoms with van der Waals surface area (Å²) in [6.45, 7) is 2.78. The van der Waals surface area contributed by atoms with E-state index in [1.165, 1.54) is 0 Å². The van der Waals surface area contributed by atoms with Gasteiger partial charge in [-0.1, -0.05) is 31.2 Å². The van der Waals surface area contributed by atoms with E-state index in [4.69, 9.17) is 4.74 Å². The lowest BCUT2D eigenvalue weighted by Gasteiger charge is -2.07. The number of H-pyrrole nitrogens is 1. The van der Waals surface area contributed by atoms with Crippen LogP contribution in [0.15, 0.2) is 53.6 Å². The van der Waals surface area contributed by atoms with E-state index in [0.717, 1.165) is 28.8 Å². The van der Waals surface area contributed by atoms with Crippen molar-refractivity contribution in [3.63, 3.8) is 0 Å². The second-order valence-corrected chi connectivity index (χ2v) is 4.86. The molecule has 2 N–H and O–H groups in total. The molecule has 0 unspecified atom stereocenters. The van der Waals surface area contributed by atoms with Gasteiger partial charge >= 0.3 is 0 Å². The first-order valence-electron chi connectivity index (χ1n) is 7.32. The molecule has 2 aromatic carbocycles. The van der Waals surface area contributed by atoms with Crippen molar-refractivity contribution in [3.05, 3.63) is 54.1 Å². The monoisotopic (exact) mass is 294 g/mol. The van der Waals surface area contributed by atoms with E-state index >= 15 is 0 Å². The molecule has 1 aromatic heterocycles. The Labute approximate surface area is 129 Å². The third-order valence-corrected chi connectivity index (χ3v) is 3.14. The number of ether oxygens (including phenoxy) is 1. The smallest absolute Gasteiger partial charge is 0.222 e. The average Bonchev–Trinajstić information content (AvgIpc) is 2.96. The summed E-state index contributed by atoms with van der Waals surface area (Å²) in [5, 5.41) is 4.23. The molecule has 1 heterocycles. The Morgan fingerprint density at radius 1 is 1.18 bits per heavy atom. The molecule has 3 aromatic rings. The van der Waals surface area contributed by atoms with Gasteiger partial charge in [-0.05, 0) is 30.7 Å². The largest absolute Gasteiger partial charge is 0.493 e. The maximum atomic E-state index is 5.69. The van der Waals surface area contributed by atoms with E-state index in [1.807, 2.05) is 48.5 Å². The van der Waals surface area contributed by atoms with Crippen LogP contribution in [-0.4, -0.2) is 22.8 Å². The number of hydrazone groups is 1. The number of nitrogens with one attached hydrogen (secondary N) is 2. The van der Waals surface area contributed by atoms with Crippen molar-refractivity contribution in [3.8, 4) is 5.75 Å². The van der Waals surface area contributed by atoms with Gasteiger partial charge in [0.2, 0.25) is 5.95 Å². The normalized spacial score (nSPS) is 11.1. The van der Waals surface area contributed by atoms with E-state index in [-0.39, 0.29) is 0 Å². The number of rotatable bonds is 6. The van der Waals surface area contributed by atoms with Crippen LogP contribution in [0.2, 0.25) is 0 Å². The number of benzene rings is 2. The number of nitrogens with zero attached hydrogens (tertiary/aromatic N) is 2. The van der Waals surface area contributed by atoms with Crippen LogP contribution < -0.4 is 10.2 Å². The van der Waals surface area contributed by atoms with Gasteiger partial charge in [-0.2, -0.15) is 5.10 Å². The summed E-state index contributed by atoms with van der Waals surface area (Å²) in [6, 6.07) is 15.7. The summed E-state index contributed by atoms with van der Waals surface area (Å²) < 4.78 is 5.69. The van der Waals surface area contributed by atoms with Crippen LogP contribution in [0.1, 0.15) is 18.9 Å². The fourth-order valence-corrected chi connectivity index (χ4v) is 2.10. The van der Waals surface area contributed by atoms with Crippen molar-refractivity contribution >= 4 is 23.2 Å². The molecule has 0 amide bonds. The number of hydrogen-bond donors (Lipinski definition) is 2. The number of fused-ring (bicyclic) bond motifs is 1. The van der Waals surface area contributed by atoms with Gasteiger partial charge in [0.25, 0.3) is 0 Å². The van der Waals surface area contributed by atoms with Crippen LogP contribution in [0.5, 0.6) is 5.75 Å². The highest BCUT2D eigenvalue weighted by Gasteiger charge is 2.01. The number of anilines is 1. The molecule has 0 atom stereocenters. The Kier molecular flexibility index (Phi) is 4.34. The number of aromatic nitrogens is 2. The standard InChI is InChI=1S/C17H18N4O/c1-2-11-22-16-10-6-3-7-13(16)12-18-21-17-19-14-8-4-5-9-15(14)20-17/h3-10,12H,2,11H2,1H3,(H2,19,20,21)/b18-12-. The third kappa shape index (κ3) is 3.25. The molecule has 3 rings (SSSR count). The molecule has 5 nitrogen and oxygen atoms in total. The van der Waals surface area contributed by atoms with E-state index in [0.29, 0.717) is 12.6 Å². The van der Waals surface area contributed by atoms with Crippen LogP contribution in [0.25, 0.3) is 11.0 Å². The predicted octanol–water partition coefficient (Wildman–Crippen LogP) is 3.80. The van der Waals surface area contributed by atoms with Crippen LogP contribution >= 0.6 is 0 Å². The molecule has 0 aliphatic heterocycles. The molecule has 22 heavy (non-hydrogen) atoms. The molecule has 5 heteroatoms. The van der Waals surface area contributed by atoms with E-state index in [9.17, 15) is 0 Å². The molecule has 0 saturated carbocycles. The van der Waals surface area contributed by atoms with Crippen molar-refractivity contribution in [1.29, 1.82) is 0 Å². The third-order valence-electron chi connectivity index (χ3n) is 3.14.